The average Bonchev–Trinajstić information content (AvgIpc) is 2.92. The fourth-order valence-corrected chi connectivity index (χ4v) is 2.58. The molecule has 1 aliphatic heterocycles. The maximum atomic E-state index is 9.66. The number of allylic oxidation sites excluding steroid dienone is 2. The molecule has 0 saturated heterocycles. The zero-order valence-electron chi connectivity index (χ0n) is 13.2. The zero-order valence-corrected chi connectivity index (χ0v) is 13.2. The lowest BCUT2D eigenvalue weighted by atomic mass is 9.78. The molecule has 0 aromatic carbocycles. The van der Waals surface area contributed by atoms with Crippen LogP contribution >= 0.6 is 0 Å². The van der Waals surface area contributed by atoms with Crippen LogP contribution in [0.25, 0.3) is 6.08 Å². The molecule has 0 bridgehead atoms. The Hall–Kier alpha value is -1.56. The van der Waals surface area contributed by atoms with Gasteiger partial charge in [-0.15, -0.1) is 0 Å². The summed E-state index contributed by atoms with van der Waals surface area (Å²) in [4.78, 5) is 0. The van der Waals surface area contributed by atoms with Crippen LogP contribution in [0.4, 0.5) is 0 Å². The Kier molecular flexibility index (Phi) is 5.83. The topological polar surface area (TPSA) is 62.8 Å². The van der Waals surface area contributed by atoms with Crippen LogP contribution < -0.4 is 0 Å². The first-order valence-electron chi connectivity index (χ1n) is 7.55. The minimum atomic E-state index is -0.727. The zero-order chi connectivity index (χ0) is 16.1. The van der Waals surface area contributed by atoms with Crippen molar-refractivity contribution in [3.8, 4) is 0 Å². The summed E-state index contributed by atoms with van der Waals surface area (Å²) in [6.45, 7) is 7.88. The summed E-state index contributed by atoms with van der Waals surface area (Å²) in [6, 6.07) is 3.61. The van der Waals surface area contributed by atoms with Crippen molar-refractivity contribution in [3.05, 3.63) is 53.0 Å². The van der Waals surface area contributed by atoms with Gasteiger partial charge < -0.3 is 19.2 Å². The van der Waals surface area contributed by atoms with E-state index in [4.69, 9.17) is 14.2 Å². The quantitative estimate of drug-likeness (QED) is 0.791. The second kappa shape index (κ2) is 7.63. The Morgan fingerprint density at radius 2 is 2.23 bits per heavy atom. The van der Waals surface area contributed by atoms with Gasteiger partial charge in [0.15, 0.2) is 0 Å². The van der Waals surface area contributed by atoms with Crippen LogP contribution in [0.2, 0.25) is 6.32 Å². The molecular weight excluding hydrogens is 279 g/mol. The Labute approximate surface area is 131 Å². The highest BCUT2D eigenvalue weighted by molar-refractivity contribution is 6.43. The van der Waals surface area contributed by atoms with Crippen molar-refractivity contribution in [2.75, 3.05) is 0 Å². The molecule has 118 valence electrons. The Morgan fingerprint density at radius 1 is 1.45 bits per heavy atom. The van der Waals surface area contributed by atoms with E-state index < -0.39 is 7.12 Å². The summed E-state index contributed by atoms with van der Waals surface area (Å²) in [7, 11) is -0.727. The fourth-order valence-electron chi connectivity index (χ4n) is 2.58. The van der Waals surface area contributed by atoms with E-state index in [9.17, 15) is 5.02 Å². The van der Waals surface area contributed by atoms with Crippen LogP contribution in [0.15, 0.2) is 45.9 Å². The van der Waals surface area contributed by atoms with Gasteiger partial charge in [-0.05, 0) is 50.5 Å². The van der Waals surface area contributed by atoms with Gasteiger partial charge in [0.2, 0.25) is 0 Å². The largest absolute Gasteiger partial charge is 0.459 e. The molecule has 0 aliphatic carbocycles. The molecule has 5 heteroatoms. The van der Waals surface area contributed by atoms with Gasteiger partial charge in [0.1, 0.15) is 18.1 Å². The van der Waals surface area contributed by atoms with E-state index in [0.717, 1.165) is 35.3 Å². The van der Waals surface area contributed by atoms with Crippen LogP contribution in [0.5, 0.6) is 0 Å². The molecule has 2 N–H and O–H groups in total. The number of hydrogen-bond donors (Lipinski definition) is 2. The normalized spacial score (nSPS) is 19.3. The number of hydrogen-bond acceptors (Lipinski definition) is 4. The molecular formula is C17H23BO4. The van der Waals surface area contributed by atoms with Crippen molar-refractivity contribution in [1.29, 1.82) is 0 Å². The molecule has 0 amide bonds. The number of aliphatic hydroxyl groups is 1. The van der Waals surface area contributed by atoms with Crippen molar-refractivity contribution in [1.82, 2.24) is 0 Å². The molecule has 0 radical (unpaired) electrons. The predicted octanol–water partition coefficient (Wildman–Crippen LogP) is 3.34. The van der Waals surface area contributed by atoms with E-state index in [0.29, 0.717) is 12.1 Å². The lowest BCUT2D eigenvalue weighted by Crippen LogP contribution is -2.31. The lowest BCUT2D eigenvalue weighted by molar-refractivity contribution is 0.183. The van der Waals surface area contributed by atoms with E-state index in [1.807, 2.05) is 32.1 Å². The van der Waals surface area contributed by atoms with E-state index in [2.05, 4.69) is 6.58 Å². The monoisotopic (exact) mass is 302 g/mol. The summed E-state index contributed by atoms with van der Waals surface area (Å²) in [5.74, 6) is 1.30. The highest BCUT2D eigenvalue weighted by atomic mass is 16.5. The fraction of sp³-hybridized carbons (Fsp3) is 0.412. The lowest BCUT2D eigenvalue weighted by Gasteiger charge is -2.27. The first-order chi connectivity index (χ1) is 10.5. The summed E-state index contributed by atoms with van der Waals surface area (Å²) < 4.78 is 11.1. The van der Waals surface area contributed by atoms with Gasteiger partial charge in [-0.1, -0.05) is 23.8 Å². The smallest absolute Gasteiger partial charge is 0.458 e. The second-order valence-electron chi connectivity index (χ2n) is 5.75. The Balaban J connectivity index is 1.97. The van der Waals surface area contributed by atoms with E-state index in [1.54, 1.807) is 6.07 Å². The maximum absolute atomic E-state index is 9.66. The van der Waals surface area contributed by atoms with E-state index >= 15 is 0 Å². The third kappa shape index (κ3) is 4.47. The minimum Gasteiger partial charge on any atom is -0.459 e. The average molecular weight is 302 g/mol. The third-order valence-corrected chi connectivity index (χ3v) is 3.73. The first kappa shape index (κ1) is 16.8. The highest BCUT2D eigenvalue weighted by Crippen LogP contribution is 2.27. The molecule has 4 nitrogen and oxygen atoms in total. The molecule has 1 aliphatic rings. The van der Waals surface area contributed by atoms with Crippen molar-refractivity contribution in [3.63, 3.8) is 0 Å². The Morgan fingerprint density at radius 3 is 2.86 bits per heavy atom. The molecule has 22 heavy (non-hydrogen) atoms. The maximum Gasteiger partial charge on any atom is 0.458 e. The van der Waals surface area contributed by atoms with Crippen LogP contribution in [0.3, 0.4) is 0 Å². The van der Waals surface area contributed by atoms with E-state index in [-0.39, 0.29) is 12.7 Å². The highest BCUT2D eigenvalue weighted by Gasteiger charge is 2.26. The molecule has 0 saturated carbocycles. The SMILES string of the molecule is C=C(C)C1=CCB(O)OC1CC/C(C)=C/c1ccc(CO)o1. The molecule has 1 atom stereocenters. The summed E-state index contributed by atoms with van der Waals surface area (Å²) in [5.41, 5.74) is 3.22. The molecule has 1 unspecified atom stereocenters. The van der Waals surface area contributed by atoms with Crippen molar-refractivity contribution < 1.29 is 19.2 Å². The first-order valence-corrected chi connectivity index (χ1v) is 7.55. The molecule has 1 aromatic heterocycles. The Bertz CT molecular complexity index is 585. The van der Waals surface area contributed by atoms with Gasteiger partial charge in [-0.3, -0.25) is 0 Å². The van der Waals surface area contributed by atoms with Crippen LogP contribution in [0, 0.1) is 0 Å². The van der Waals surface area contributed by atoms with E-state index in [1.165, 1.54) is 0 Å². The summed E-state index contributed by atoms with van der Waals surface area (Å²) in [5, 5.41) is 18.7. The third-order valence-electron chi connectivity index (χ3n) is 3.73. The minimum absolute atomic E-state index is 0.0898. The van der Waals surface area contributed by atoms with Crippen molar-refractivity contribution in [2.45, 2.75) is 45.7 Å². The molecule has 0 fully saturated rings. The standard InChI is InChI=1S/C17H23BO4/c1-12(2)16-8-9-18(20)22-17(16)7-4-13(3)10-14-5-6-15(11-19)21-14/h5-6,8,10,17,19-20H,1,4,7,9,11H2,2-3H3/b13-10+. The van der Waals surface area contributed by atoms with Gasteiger partial charge in [0, 0.05) is 6.32 Å². The van der Waals surface area contributed by atoms with Gasteiger partial charge in [0.05, 0.1) is 6.10 Å². The number of rotatable bonds is 6. The molecule has 0 spiro atoms. The van der Waals surface area contributed by atoms with Crippen LogP contribution in [0.1, 0.15) is 38.2 Å². The van der Waals surface area contributed by atoms with Gasteiger partial charge in [0.25, 0.3) is 0 Å². The number of furan rings is 1. The van der Waals surface area contributed by atoms with Crippen LogP contribution in [-0.2, 0) is 11.3 Å². The van der Waals surface area contributed by atoms with Gasteiger partial charge in [-0.2, -0.15) is 0 Å². The van der Waals surface area contributed by atoms with Crippen molar-refractivity contribution >= 4 is 13.2 Å². The number of aliphatic hydroxyl groups excluding tert-OH is 1. The van der Waals surface area contributed by atoms with Crippen LogP contribution in [-0.4, -0.2) is 23.4 Å². The second-order valence-corrected chi connectivity index (χ2v) is 5.75. The summed E-state index contributed by atoms with van der Waals surface area (Å²) in [6.07, 6.45) is 5.99. The molecule has 2 heterocycles. The van der Waals surface area contributed by atoms with Gasteiger partial charge in [-0.25, -0.2) is 0 Å². The van der Waals surface area contributed by atoms with Gasteiger partial charge >= 0.3 is 7.12 Å². The molecule has 1 aromatic rings. The predicted molar refractivity (Wildman–Crippen MR) is 88.1 cm³/mol. The summed E-state index contributed by atoms with van der Waals surface area (Å²) >= 11 is 0. The molecule has 2 rings (SSSR count). The van der Waals surface area contributed by atoms with Crippen molar-refractivity contribution in [2.24, 2.45) is 0 Å².